The van der Waals surface area contributed by atoms with Crippen LogP contribution in [0.25, 0.3) is 43.1 Å². The third-order valence-electron chi connectivity index (χ3n) is 9.51. The zero-order valence-electron chi connectivity index (χ0n) is 23.5. The molecule has 7 rings (SSSR count). The van der Waals surface area contributed by atoms with E-state index < -0.39 is 0 Å². The molecule has 5 nitrogen and oxygen atoms in total. The molecule has 0 aliphatic carbocycles. The molecule has 0 atom stereocenters. The highest BCUT2D eigenvalue weighted by molar-refractivity contribution is 9.11. The van der Waals surface area contributed by atoms with Crippen LogP contribution in [0.2, 0.25) is 0 Å². The van der Waals surface area contributed by atoms with Crippen LogP contribution in [0.5, 0.6) is 0 Å². The van der Waals surface area contributed by atoms with Gasteiger partial charge >= 0.3 is 0 Å². The van der Waals surface area contributed by atoms with Crippen molar-refractivity contribution in [1.29, 1.82) is 0 Å². The van der Waals surface area contributed by atoms with Gasteiger partial charge in [0.2, 0.25) is 0 Å². The number of fused-ring (bicyclic) bond motifs is 2. The standard InChI is InChI=1S/C34H30Br2N2O3/c1-5-17(6-2)37-15-16-13-24(35)28-20-10-12-22-27-23(34(41)38(33(22)40)18(7-3)8-4)14-25(36)29(31(20)27)19-9-11-21(32(37)39)26(16)30(19)28/h9-14,17-18H,5-8,15H2,1-4H3. The number of rotatable bonds is 6. The maximum atomic E-state index is 13.9. The van der Waals surface area contributed by atoms with Crippen molar-refractivity contribution in [2.45, 2.75) is 72.0 Å². The first-order valence-corrected chi connectivity index (χ1v) is 16.1. The molecule has 0 radical (unpaired) electrons. The maximum absolute atomic E-state index is 13.9. The van der Waals surface area contributed by atoms with Gasteiger partial charge in [-0.15, -0.1) is 0 Å². The quantitative estimate of drug-likeness (QED) is 0.103. The number of hydrogen-bond donors (Lipinski definition) is 0. The van der Waals surface area contributed by atoms with E-state index in [0.717, 1.165) is 76.0 Å². The molecule has 0 aromatic heterocycles. The highest BCUT2D eigenvalue weighted by Crippen LogP contribution is 2.50. The van der Waals surface area contributed by atoms with Crippen LogP contribution in [-0.2, 0) is 6.54 Å². The molecule has 2 aliphatic rings. The van der Waals surface area contributed by atoms with Crippen LogP contribution in [0.4, 0.5) is 0 Å². The summed E-state index contributed by atoms with van der Waals surface area (Å²) in [4.78, 5) is 45.1. The fraction of sp³-hybridized carbons (Fsp3) is 0.324. The molecule has 0 N–H and O–H groups in total. The van der Waals surface area contributed by atoms with Crippen LogP contribution < -0.4 is 0 Å². The van der Waals surface area contributed by atoms with E-state index in [9.17, 15) is 14.4 Å². The molecule has 7 heteroatoms. The maximum Gasteiger partial charge on any atom is 0.261 e. The second kappa shape index (κ2) is 9.50. The third-order valence-corrected chi connectivity index (χ3v) is 10.8. The van der Waals surface area contributed by atoms with Crippen LogP contribution in [-0.4, -0.2) is 39.6 Å². The van der Waals surface area contributed by atoms with E-state index in [1.54, 1.807) is 0 Å². The van der Waals surface area contributed by atoms with Crippen molar-refractivity contribution in [3.63, 3.8) is 0 Å². The van der Waals surface area contributed by atoms with Crippen molar-refractivity contribution < 1.29 is 14.4 Å². The van der Waals surface area contributed by atoms with Gasteiger partial charge in [0, 0.05) is 71.2 Å². The Balaban J connectivity index is 1.60. The molecule has 41 heavy (non-hydrogen) atoms. The molecule has 2 heterocycles. The first kappa shape index (κ1) is 26.8. The van der Waals surface area contributed by atoms with Crippen LogP contribution in [0.15, 0.2) is 45.3 Å². The van der Waals surface area contributed by atoms with E-state index in [1.165, 1.54) is 4.90 Å². The van der Waals surface area contributed by atoms with Crippen molar-refractivity contribution in [3.8, 4) is 0 Å². The fourth-order valence-corrected chi connectivity index (χ4v) is 8.84. The van der Waals surface area contributed by atoms with Gasteiger partial charge < -0.3 is 4.90 Å². The molecule has 2 aliphatic heterocycles. The Morgan fingerprint density at radius 2 is 1.12 bits per heavy atom. The zero-order chi connectivity index (χ0) is 28.9. The summed E-state index contributed by atoms with van der Waals surface area (Å²) in [6.45, 7) is 8.88. The minimum absolute atomic E-state index is 0.0822. The first-order chi connectivity index (χ1) is 19.8. The normalized spacial score (nSPS) is 15.4. The van der Waals surface area contributed by atoms with Crippen LogP contribution >= 0.6 is 31.9 Å². The lowest BCUT2D eigenvalue weighted by molar-refractivity contribution is 0.0529. The number of imide groups is 1. The summed E-state index contributed by atoms with van der Waals surface area (Å²) in [6.07, 6.45) is 3.25. The van der Waals surface area contributed by atoms with Crippen LogP contribution in [0.1, 0.15) is 90.0 Å². The first-order valence-electron chi connectivity index (χ1n) is 14.5. The number of carbonyl (C=O) groups excluding carboxylic acids is 3. The summed E-state index contributed by atoms with van der Waals surface area (Å²) in [6, 6.07) is 12.0. The van der Waals surface area contributed by atoms with Gasteiger partial charge in [0.25, 0.3) is 17.7 Å². The van der Waals surface area contributed by atoms with E-state index in [4.69, 9.17) is 0 Å². The molecule has 0 saturated heterocycles. The molecule has 0 unspecified atom stereocenters. The van der Waals surface area contributed by atoms with Crippen molar-refractivity contribution in [1.82, 2.24) is 9.80 Å². The van der Waals surface area contributed by atoms with Gasteiger partial charge in [-0.25, -0.2) is 0 Å². The Morgan fingerprint density at radius 1 is 0.610 bits per heavy atom. The van der Waals surface area contributed by atoms with Crippen molar-refractivity contribution in [3.05, 3.63) is 67.6 Å². The Morgan fingerprint density at radius 3 is 1.71 bits per heavy atom. The number of halogens is 2. The molecular weight excluding hydrogens is 644 g/mol. The second-order valence-corrected chi connectivity index (χ2v) is 13.1. The number of amides is 3. The largest absolute Gasteiger partial charge is 0.331 e. The molecule has 3 amide bonds. The summed E-state index contributed by atoms with van der Waals surface area (Å²) in [5.74, 6) is -0.375. The summed E-state index contributed by atoms with van der Waals surface area (Å²) in [7, 11) is 0. The predicted molar refractivity (Wildman–Crippen MR) is 172 cm³/mol. The Hall–Kier alpha value is -3.03. The lowest BCUT2D eigenvalue weighted by Gasteiger charge is -2.36. The van der Waals surface area contributed by atoms with E-state index >= 15 is 0 Å². The van der Waals surface area contributed by atoms with Gasteiger partial charge in [-0.1, -0.05) is 71.7 Å². The molecule has 0 spiro atoms. The lowest BCUT2D eigenvalue weighted by Crippen LogP contribution is -2.46. The number of nitrogens with zero attached hydrogens (tertiary/aromatic N) is 2. The Kier molecular flexibility index (Phi) is 6.22. The van der Waals surface area contributed by atoms with Gasteiger partial charge in [-0.2, -0.15) is 0 Å². The van der Waals surface area contributed by atoms with E-state index in [0.29, 0.717) is 30.5 Å². The average molecular weight is 674 g/mol. The fourth-order valence-electron chi connectivity index (χ4n) is 7.51. The van der Waals surface area contributed by atoms with Gasteiger partial charge in [0.1, 0.15) is 0 Å². The molecule has 5 aromatic rings. The summed E-state index contributed by atoms with van der Waals surface area (Å²) in [5, 5.41) is 7.64. The van der Waals surface area contributed by atoms with Gasteiger partial charge in [-0.3, -0.25) is 19.3 Å². The summed E-state index contributed by atoms with van der Waals surface area (Å²) < 4.78 is 1.76. The Bertz CT molecular complexity index is 1970. The van der Waals surface area contributed by atoms with E-state index in [1.807, 2.05) is 49.1 Å². The summed E-state index contributed by atoms with van der Waals surface area (Å²) >= 11 is 7.75. The second-order valence-electron chi connectivity index (χ2n) is 11.3. The molecular formula is C34H30Br2N2O3. The topological polar surface area (TPSA) is 57.7 Å². The van der Waals surface area contributed by atoms with Crippen molar-refractivity contribution in [2.24, 2.45) is 0 Å². The predicted octanol–water partition coefficient (Wildman–Crippen LogP) is 9.19. The number of benzene rings is 5. The van der Waals surface area contributed by atoms with Gasteiger partial charge in [0.15, 0.2) is 0 Å². The highest BCUT2D eigenvalue weighted by Gasteiger charge is 2.38. The minimum Gasteiger partial charge on any atom is -0.331 e. The van der Waals surface area contributed by atoms with Crippen molar-refractivity contribution >= 4 is 92.7 Å². The third kappa shape index (κ3) is 3.42. The van der Waals surface area contributed by atoms with Gasteiger partial charge in [-0.05, 0) is 71.7 Å². The lowest BCUT2D eigenvalue weighted by atomic mass is 9.82. The highest BCUT2D eigenvalue weighted by atomic mass is 79.9. The SMILES string of the molecule is CCC(CC)N1Cc2cc(Br)c3c4ccc5c6c(cc(Br)c(c7ccc(c2c73)C1=O)c64)C(=O)N(C(CC)CC)C5=O. The van der Waals surface area contributed by atoms with Crippen molar-refractivity contribution in [2.75, 3.05) is 0 Å². The number of carbonyl (C=O) groups is 3. The molecule has 0 saturated carbocycles. The monoisotopic (exact) mass is 672 g/mol. The molecule has 208 valence electrons. The Labute approximate surface area is 255 Å². The minimum atomic E-state index is -0.234. The summed E-state index contributed by atoms with van der Waals surface area (Å²) in [5.41, 5.74) is 3.00. The molecule has 0 fully saturated rings. The average Bonchev–Trinajstić information content (AvgIpc) is 2.97. The van der Waals surface area contributed by atoms with Crippen LogP contribution in [0.3, 0.4) is 0 Å². The molecule has 5 aromatic carbocycles. The van der Waals surface area contributed by atoms with E-state index in [2.05, 4.69) is 51.8 Å². The van der Waals surface area contributed by atoms with E-state index in [-0.39, 0.29) is 29.8 Å². The van der Waals surface area contributed by atoms with Gasteiger partial charge in [0.05, 0.1) is 0 Å². The smallest absolute Gasteiger partial charge is 0.261 e. The molecule has 0 bridgehead atoms. The number of hydrogen-bond acceptors (Lipinski definition) is 3. The zero-order valence-corrected chi connectivity index (χ0v) is 26.7. The van der Waals surface area contributed by atoms with Crippen LogP contribution in [0, 0.1) is 0 Å².